The van der Waals surface area contributed by atoms with Gasteiger partial charge in [-0.1, -0.05) is 17.8 Å². The molecule has 0 fully saturated rings. The largest absolute Gasteiger partial charge is 0.467 e. The molecule has 0 unspecified atom stereocenters. The van der Waals surface area contributed by atoms with Crippen LogP contribution in [0.25, 0.3) is 0 Å². The number of aromatic nitrogens is 2. The Hall–Kier alpha value is -2.37. The lowest BCUT2D eigenvalue weighted by molar-refractivity contribution is -0.118. The highest BCUT2D eigenvalue weighted by atomic mass is 32.2. The Balaban J connectivity index is 1.62. The number of furan rings is 1. The van der Waals surface area contributed by atoms with Crippen LogP contribution in [-0.4, -0.2) is 30.0 Å². The summed E-state index contributed by atoms with van der Waals surface area (Å²) in [5.41, 5.74) is 5.79. The molecular formula is C15H14N4O4S3. The van der Waals surface area contributed by atoms with Crippen LogP contribution in [0, 0.1) is 0 Å². The first-order valence-electron chi connectivity index (χ1n) is 7.30. The maximum atomic E-state index is 12.5. The summed E-state index contributed by atoms with van der Waals surface area (Å²) in [7, 11) is -3.74. The van der Waals surface area contributed by atoms with Crippen LogP contribution in [0.2, 0.25) is 0 Å². The van der Waals surface area contributed by atoms with Gasteiger partial charge in [-0.2, -0.15) is 0 Å². The smallest absolute Gasteiger partial charge is 0.230 e. The number of amides is 1. The molecule has 0 radical (unpaired) electrons. The van der Waals surface area contributed by atoms with Gasteiger partial charge in [0.25, 0.3) is 0 Å². The molecule has 0 aliphatic carbocycles. The third-order valence-electron chi connectivity index (χ3n) is 3.18. The molecule has 0 spiro atoms. The van der Waals surface area contributed by atoms with Crippen molar-refractivity contribution in [1.82, 2.24) is 15.3 Å². The van der Waals surface area contributed by atoms with Gasteiger partial charge in [-0.25, -0.2) is 18.4 Å². The molecule has 3 rings (SSSR count). The Bertz CT molecular complexity index is 986. The number of hydrogen-bond acceptors (Lipinski definition) is 9. The molecule has 3 heterocycles. The topological polar surface area (TPSA) is 128 Å². The molecule has 3 aromatic heterocycles. The number of hydrogen-bond donors (Lipinski definition) is 2. The van der Waals surface area contributed by atoms with E-state index in [1.807, 2.05) is 0 Å². The summed E-state index contributed by atoms with van der Waals surface area (Å²) in [5.74, 6) is 0.333. The van der Waals surface area contributed by atoms with Crippen molar-refractivity contribution in [3.05, 3.63) is 47.9 Å². The molecular weight excluding hydrogens is 396 g/mol. The maximum Gasteiger partial charge on any atom is 0.230 e. The van der Waals surface area contributed by atoms with E-state index in [9.17, 15) is 13.2 Å². The van der Waals surface area contributed by atoms with Crippen molar-refractivity contribution in [3.8, 4) is 0 Å². The van der Waals surface area contributed by atoms with E-state index in [1.165, 1.54) is 18.5 Å². The minimum absolute atomic E-state index is 0.0666. The number of nitrogens with zero attached hydrogens (tertiary/aromatic N) is 2. The number of rotatable bonds is 7. The number of thioether (sulfide) groups is 1. The van der Waals surface area contributed by atoms with Crippen molar-refractivity contribution in [2.24, 2.45) is 0 Å². The van der Waals surface area contributed by atoms with E-state index in [0.717, 1.165) is 23.1 Å². The molecule has 0 aliphatic rings. The van der Waals surface area contributed by atoms with Crippen LogP contribution >= 0.6 is 23.1 Å². The third-order valence-corrected chi connectivity index (χ3v) is 7.21. The average Bonchev–Trinajstić information content (AvgIpc) is 3.31. The fourth-order valence-electron chi connectivity index (χ4n) is 1.95. The van der Waals surface area contributed by atoms with Gasteiger partial charge >= 0.3 is 0 Å². The molecule has 1 amide bonds. The van der Waals surface area contributed by atoms with Gasteiger partial charge in [0.05, 0.1) is 24.8 Å². The van der Waals surface area contributed by atoms with Crippen molar-refractivity contribution in [2.75, 3.05) is 11.5 Å². The van der Waals surface area contributed by atoms with E-state index in [-0.39, 0.29) is 38.3 Å². The Morgan fingerprint density at radius 3 is 2.85 bits per heavy atom. The van der Waals surface area contributed by atoms with E-state index >= 15 is 0 Å². The quantitative estimate of drug-likeness (QED) is 0.447. The molecule has 26 heavy (non-hydrogen) atoms. The molecule has 0 atom stereocenters. The lowest BCUT2D eigenvalue weighted by atomic mass is 10.4. The number of nitrogens with two attached hydrogens (primary N) is 1. The molecule has 8 nitrogen and oxygen atoms in total. The minimum atomic E-state index is -3.74. The average molecular weight is 411 g/mol. The third kappa shape index (κ3) is 4.23. The SMILES string of the molecule is Nc1nc(SCC(=O)NCc2ccco2)ncc1S(=O)(=O)c1cccs1. The minimum Gasteiger partial charge on any atom is -0.467 e. The summed E-state index contributed by atoms with van der Waals surface area (Å²) < 4.78 is 30.2. The van der Waals surface area contributed by atoms with Gasteiger partial charge < -0.3 is 15.5 Å². The van der Waals surface area contributed by atoms with Crippen LogP contribution in [0.4, 0.5) is 5.82 Å². The first kappa shape index (κ1) is 18.4. The number of carbonyl (C=O) groups is 1. The first-order chi connectivity index (χ1) is 12.5. The fraction of sp³-hybridized carbons (Fsp3) is 0.133. The Kier molecular flexibility index (Phi) is 5.59. The summed E-state index contributed by atoms with van der Waals surface area (Å²) in [6, 6.07) is 6.62. The summed E-state index contributed by atoms with van der Waals surface area (Å²) in [4.78, 5) is 19.7. The van der Waals surface area contributed by atoms with Crippen LogP contribution in [0.3, 0.4) is 0 Å². The van der Waals surface area contributed by atoms with Crippen molar-refractivity contribution >= 4 is 44.7 Å². The van der Waals surface area contributed by atoms with Gasteiger partial charge in [-0.15, -0.1) is 11.3 Å². The van der Waals surface area contributed by atoms with Crippen LogP contribution in [-0.2, 0) is 21.2 Å². The number of nitrogen functional groups attached to an aromatic ring is 1. The molecule has 11 heteroatoms. The predicted octanol–water partition coefficient (Wildman–Crippen LogP) is 1.95. The zero-order chi connectivity index (χ0) is 18.6. The number of anilines is 1. The standard InChI is InChI=1S/C15H14N4O4S3/c16-14-11(26(21,22)13-4-2-6-24-13)8-18-15(19-14)25-9-12(20)17-7-10-3-1-5-23-10/h1-6,8H,7,9H2,(H,17,20)(H2,16,18,19). The van der Waals surface area contributed by atoms with Crippen LogP contribution < -0.4 is 11.1 Å². The number of thiophene rings is 1. The zero-order valence-electron chi connectivity index (χ0n) is 13.3. The molecule has 0 aromatic carbocycles. The van der Waals surface area contributed by atoms with Gasteiger partial charge in [0, 0.05) is 0 Å². The van der Waals surface area contributed by atoms with Crippen LogP contribution in [0.1, 0.15) is 5.76 Å². The molecule has 0 saturated heterocycles. The van der Waals surface area contributed by atoms with Gasteiger partial charge in [-0.05, 0) is 23.6 Å². The Morgan fingerprint density at radius 1 is 1.35 bits per heavy atom. The van der Waals surface area contributed by atoms with Gasteiger partial charge in [0.2, 0.25) is 15.7 Å². The highest BCUT2D eigenvalue weighted by molar-refractivity contribution is 7.99. The molecule has 3 aromatic rings. The Morgan fingerprint density at radius 2 is 2.19 bits per heavy atom. The Labute approximate surface area is 157 Å². The number of carbonyl (C=O) groups excluding carboxylic acids is 1. The second-order valence-corrected chi connectivity index (χ2v) is 9.02. The summed E-state index contributed by atoms with van der Waals surface area (Å²) in [5, 5.41) is 4.57. The highest BCUT2D eigenvalue weighted by Crippen LogP contribution is 2.28. The van der Waals surface area contributed by atoms with E-state index in [1.54, 1.807) is 23.6 Å². The lowest BCUT2D eigenvalue weighted by Crippen LogP contribution is -2.24. The number of sulfone groups is 1. The monoisotopic (exact) mass is 410 g/mol. The van der Waals surface area contributed by atoms with Gasteiger partial charge in [0.1, 0.15) is 20.7 Å². The molecule has 0 aliphatic heterocycles. The zero-order valence-corrected chi connectivity index (χ0v) is 15.7. The first-order valence-corrected chi connectivity index (χ1v) is 10.6. The van der Waals surface area contributed by atoms with Crippen LogP contribution in [0.15, 0.2) is 60.8 Å². The molecule has 0 bridgehead atoms. The highest BCUT2D eigenvalue weighted by Gasteiger charge is 2.23. The van der Waals surface area contributed by atoms with Gasteiger partial charge in [0.15, 0.2) is 5.16 Å². The van der Waals surface area contributed by atoms with Crippen LogP contribution in [0.5, 0.6) is 0 Å². The summed E-state index contributed by atoms with van der Waals surface area (Å²) in [6.45, 7) is 0.285. The van der Waals surface area contributed by atoms with E-state index in [0.29, 0.717) is 5.76 Å². The maximum absolute atomic E-state index is 12.5. The summed E-state index contributed by atoms with van der Waals surface area (Å²) in [6.07, 6.45) is 2.69. The van der Waals surface area contributed by atoms with E-state index < -0.39 is 9.84 Å². The van der Waals surface area contributed by atoms with Crippen molar-refractivity contribution in [3.63, 3.8) is 0 Å². The molecule has 136 valence electrons. The number of nitrogens with one attached hydrogen (secondary N) is 1. The van der Waals surface area contributed by atoms with Crippen molar-refractivity contribution < 1.29 is 17.6 Å². The predicted molar refractivity (Wildman–Crippen MR) is 97.5 cm³/mol. The fourth-order valence-corrected chi connectivity index (χ4v) is 4.98. The molecule has 3 N–H and O–H groups in total. The second kappa shape index (κ2) is 7.89. The second-order valence-electron chi connectivity index (χ2n) is 4.98. The van der Waals surface area contributed by atoms with E-state index in [2.05, 4.69) is 15.3 Å². The van der Waals surface area contributed by atoms with Crippen molar-refractivity contribution in [2.45, 2.75) is 20.8 Å². The lowest BCUT2D eigenvalue weighted by Gasteiger charge is -2.07. The molecule has 0 saturated carbocycles. The normalized spacial score (nSPS) is 11.4. The van der Waals surface area contributed by atoms with E-state index in [4.69, 9.17) is 10.2 Å². The van der Waals surface area contributed by atoms with Gasteiger partial charge in [-0.3, -0.25) is 4.79 Å². The van der Waals surface area contributed by atoms with Crippen molar-refractivity contribution in [1.29, 1.82) is 0 Å². The summed E-state index contributed by atoms with van der Waals surface area (Å²) >= 11 is 2.15.